The zero-order chi connectivity index (χ0) is 20.0. The number of rotatable bonds is 0. The summed E-state index contributed by atoms with van der Waals surface area (Å²) in [4.78, 5) is 24.2. The van der Waals surface area contributed by atoms with Crippen LogP contribution >= 0.6 is 23.2 Å². The second kappa shape index (κ2) is 6.98. The molecule has 2 aliphatic rings. The van der Waals surface area contributed by atoms with Gasteiger partial charge >= 0.3 is 6.09 Å². The Labute approximate surface area is 167 Å². The highest BCUT2D eigenvalue weighted by Gasteiger charge is 2.35. The minimum atomic E-state index is -1.21. The summed E-state index contributed by atoms with van der Waals surface area (Å²) >= 11 is 12.1. The summed E-state index contributed by atoms with van der Waals surface area (Å²) in [7, 11) is 0. The lowest BCUT2D eigenvalue weighted by Crippen LogP contribution is -2.53. The molecule has 7 nitrogen and oxygen atoms in total. The van der Waals surface area contributed by atoms with Crippen molar-refractivity contribution in [3.63, 3.8) is 0 Å². The predicted molar refractivity (Wildman–Crippen MR) is 103 cm³/mol. The SMILES string of the molecule is CC1(Cl)N=C(N2CCN(C(=O)OC(C)(C)C)CC2)c2cnc(Cl)c(F)c2N1. The number of hydrogen-bond acceptors (Lipinski definition) is 6. The van der Waals surface area contributed by atoms with Gasteiger partial charge in [-0.05, 0) is 27.7 Å². The van der Waals surface area contributed by atoms with Crippen molar-refractivity contribution in [3.05, 3.63) is 22.7 Å². The molecule has 0 aromatic carbocycles. The molecule has 1 amide bonds. The van der Waals surface area contributed by atoms with E-state index in [1.165, 1.54) is 6.20 Å². The maximum absolute atomic E-state index is 14.4. The summed E-state index contributed by atoms with van der Waals surface area (Å²) in [6, 6.07) is 0. The van der Waals surface area contributed by atoms with Crippen molar-refractivity contribution in [1.29, 1.82) is 0 Å². The van der Waals surface area contributed by atoms with E-state index in [9.17, 15) is 9.18 Å². The normalized spacial score (nSPS) is 22.7. The Balaban J connectivity index is 1.79. The second-order valence-electron chi connectivity index (χ2n) is 7.62. The van der Waals surface area contributed by atoms with Gasteiger partial charge in [-0.2, -0.15) is 0 Å². The molecule has 0 spiro atoms. The molecule has 1 unspecified atom stereocenters. The molecule has 1 atom stereocenters. The predicted octanol–water partition coefficient (Wildman–Crippen LogP) is 3.51. The first-order chi connectivity index (χ1) is 12.5. The first-order valence-corrected chi connectivity index (χ1v) is 9.37. The number of amidine groups is 1. The molecule has 1 saturated heterocycles. The molecule has 27 heavy (non-hydrogen) atoms. The van der Waals surface area contributed by atoms with E-state index in [-0.39, 0.29) is 16.9 Å². The highest BCUT2D eigenvalue weighted by Crippen LogP contribution is 2.35. The van der Waals surface area contributed by atoms with Crippen LogP contribution in [0.2, 0.25) is 5.15 Å². The highest BCUT2D eigenvalue weighted by molar-refractivity contribution is 6.30. The van der Waals surface area contributed by atoms with Gasteiger partial charge in [0, 0.05) is 32.4 Å². The van der Waals surface area contributed by atoms with Crippen LogP contribution in [0, 0.1) is 5.82 Å². The highest BCUT2D eigenvalue weighted by atomic mass is 35.5. The van der Waals surface area contributed by atoms with E-state index in [0.717, 1.165) is 0 Å². The minimum Gasteiger partial charge on any atom is -0.444 e. The largest absolute Gasteiger partial charge is 0.444 e. The van der Waals surface area contributed by atoms with Gasteiger partial charge < -0.3 is 19.9 Å². The average molecular weight is 418 g/mol. The topological polar surface area (TPSA) is 70.1 Å². The fourth-order valence-corrected chi connectivity index (χ4v) is 3.26. The van der Waals surface area contributed by atoms with Crippen LogP contribution in [-0.4, -0.2) is 63.6 Å². The maximum atomic E-state index is 14.4. The maximum Gasteiger partial charge on any atom is 0.410 e. The number of fused-ring (bicyclic) bond motifs is 1. The van der Waals surface area contributed by atoms with E-state index < -0.39 is 16.5 Å². The average Bonchev–Trinajstić information content (AvgIpc) is 2.56. The molecule has 1 fully saturated rings. The molecule has 0 saturated carbocycles. The van der Waals surface area contributed by atoms with Crippen LogP contribution in [0.1, 0.15) is 33.3 Å². The number of amides is 1. The number of halogens is 3. The van der Waals surface area contributed by atoms with Crippen molar-refractivity contribution >= 4 is 40.8 Å². The van der Waals surface area contributed by atoms with E-state index in [0.29, 0.717) is 37.6 Å². The quantitative estimate of drug-likeness (QED) is 0.397. The van der Waals surface area contributed by atoms with Crippen molar-refractivity contribution in [2.75, 3.05) is 31.5 Å². The number of nitrogens with zero attached hydrogens (tertiary/aromatic N) is 4. The van der Waals surface area contributed by atoms with Gasteiger partial charge in [0.15, 0.2) is 11.0 Å². The van der Waals surface area contributed by atoms with Gasteiger partial charge in [0.1, 0.15) is 11.4 Å². The number of carbonyl (C=O) groups is 1. The second-order valence-corrected chi connectivity index (χ2v) is 8.71. The van der Waals surface area contributed by atoms with Crippen LogP contribution in [0.5, 0.6) is 0 Å². The summed E-state index contributed by atoms with van der Waals surface area (Å²) in [6.45, 7) is 9.05. The summed E-state index contributed by atoms with van der Waals surface area (Å²) in [6.07, 6.45) is 1.12. The van der Waals surface area contributed by atoms with Crippen molar-refractivity contribution in [2.24, 2.45) is 4.99 Å². The number of alkyl halides is 1. The Morgan fingerprint density at radius 3 is 2.56 bits per heavy atom. The van der Waals surface area contributed by atoms with Crippen molar-refractivity contribution in [3.8, 4) is 0 Å². The Hall–Kier alpha value is -1.80. The van der Waals surface area contributed by atoms with Crippen LogP contribution < -0.4 is 5.32 Å². The summed E-state index contributed by atoms with van der Waals surface area (Å²) < 4.78 is 19.8. The smallest absolute Gasteiger partial charge is 0.410 e. The lowest BCUT2D eigenvalue weighted by atomic mass is 10.1. The third-order valence-corrected chi connectivity index (χ3v) is 4.56. The lowest BCUT2D eigenvalue weighted by Gasteiger charge is -2.40. The zero-order valence-electron chi connectivity index (χ0n) is 15.6. The van der Waals surface area contributed by atoms with Crippen LogP contribution in [0.3, 0.4) is 0 Å². The molecule has 0 aliphatic carbocycles. The van der Waals surface area contributed by atoms with E-state index in [4.69, 9.17) is 27.9 Å². The summed E-state index contributed by atoms with van der Waals surface area (Å²) in [5, 5.41) is 1.39. The van der Waals surface area contributed by atoms with E-state index in [1.54, 1.807) is 11.8 Å². The lowest BCUT2D eigenvalue weighted by molar-refractivity contribution is 0.0187. The molecule has 3 heterocycles. The number of carbonyl (C=O) groups excluding carboxylic acids is 1. The number of ether oxygens (including phenoxy) is 1. The number of piperazine rings is 1. The molecular weight excluding hydrogens is 396 g/mol. The Bertz CT molecular complexity index is 786. The van der Waals surface area contributed by atoms with Gasteiger partial charge in [-0.3, -0.25) is 0 Å². The Morgan fingerprint density at radius 2 is 1.96 bits per heavy atom. The molecule has 0 bridgehead atoms. The molecule has 2 aliphatic heterocycles. The molecule has 1 N–H and O–H groups in total. The number of hydrogen-bond donors (Lipinski definition) is 1. The molecule has 10 heteroatoms. The molecule has 1 aromatic rings. The van der Waals surface area contributed by atoms with Crippen molar-refractivity contribution in [1.82, 2.24) is 14.8 Å². The summed E-state index contributed by atoms with van der Waals surface area (Å²) in [5.41, 5.74) is 0.114. The third-order valence-electron chi connectivity index (χ3n) is 4.12. The van der Waals surface area contributed by atoms with Gasteiger partial charge in [-0.1, -0.05) is 23.2 Å². The molecule has 0 radical (unpaired) electrons. The van der Waals surface area contributed by atoms with Gasteiger partial charge in [0.05, 0.1) is 11.3 Å². The third kappa shape index (κ3) is 4.38. The van der Waals surface area contributed by atoms with Gasteiger partial charge in [-0.25, -0.2) is 19.2 Å². The van der Waals surface area contributed by atoms with Crippen LogP contribution in [0.4, 0.5) is 14.9 Å². The minimum absolute atomic E-state index is 0.173. The fraction of sp³-hybridized carbons (Fsp3) is 0.588. The zero-order valence-corrected chi connectivity index (χ0v) is 17.2. The molecule has 3 rings (SSSR count). The monoisotopic (exact) mass is 417 g/mol. The molecule has 148 valence electrons. The first kappa shape index (κ1) is 19.9. The fourth-order valence-electron chi connectivity index (χ4n) is 2.94. The molecular formula is C17H22Cl2FN5O2. The van der Waals surface area contributed by atoms with Crippen LogP contribution in [0.25, 0.3) is 0 Å². The van der Waals surface area contributed by atoms with Crippen LogP contribution in [0.15, 0.2) is 11.2 Å². The number of pyridine rings is 1. The van der Waals surface area contributed by atoms with Gasteiger partial charge in [-0.15, -0.1) is 0 Å². The van der Waals surface area contributed by atoms with Crippen molar-refractivity contribution in [2.45, 2.75) is 38.4 Å². The van der Waals surface area contributed by atoms with E-state index in [2.05, 4.69) is 15.3 Å². The van der Waals surface area contributed by atoms with Crippen LogP contribution in [-0.2, 0) is 4.74 Å². The van der Waals surface area contributed by atoms with Gasteiger partial charge in [0.25, 0.3) is 0 Å². The number of nitrogens with one attached hydrogen (secondary N) is 1. The van der Waals surface area contributed by atoms with Crippen molar-refractivity contribution < 1.29 is 13.9 Å². The Kier molecular flexibility index (Phi) is 5.16. The van der Waals surface area contributed by atoms with E-state index >= 15 is 0 Å². The van der Waals surface area contributed by atoms with E-state index in [1.807, 2.05) is 25.7 Å². The standard InChI is InChI=1S/C17H22Cl2FN5O2/c1-16(2,3)27-15(26)25-7-5-24(6-8-25)14-10-9-21-13(18)11(20)12(10)22-17(4,19)23-14/h9,22H,5-8H2,1-4H3. The Morgan fingerprint density at radius 1 is 1.33 bits per heavy atom. The number of aromatic nitrogens is 1. The number of anilines is 1. The first-order valence-electron chi connectivity index (χ1n) is 8.61. The number of aliphatic imine (C=N–C) groups is 1. The summed E-state index contributed by atoms with van der Waals surface area (Å²) in [5.74, 6) is -0.144. The molecule has 1 aromatic heterocycles. The van der Waals surface area contributed by atoms with Gasteiger partial charge in [0.2, 0.25) is 5.12 Å².